The van der Waals surface area contributed by atoms with Crippen LogP contribution >= 0.6 is 15.9 Å². The second-order valence-corrected chi connectivity index (χ2v) is 3.21. The minimum Gasteiger partial charge on any atom is -0.464 e. The summed E-state index contributed by atoms with van der Waals surface area (Å²) < 4.78 is 18.8. The Labute approximate surface area is 83.6 Å². The van der Waals surface area contributed by atoms with Crippen LogP contribution in [0.4, 0.5) is 4.39 Å². The van der Waals surface area contributed by atoms with E-state index in [0.717, 1.165) is 6.07 Å². The fraction of sp³-hybridized carbons (Fsp3) is 0.375. The number of ether oxygens (including phenoxy) is 1. The van der Waals surface area contributed by atoms with Gasteiger partial charge in [0, 0.05) is 24.1 Å². The fourth-order valence-electron chi connectivity index (χ4n) is 1.03. The number of carbonyl (C=O) groups is 1. The molecule has 3 nitrogen and oxygen atoms in total. The first-order chi connectivity index (χ1) is 6.19. The molecular weight excluding hydrogens is 241 g/mol. The molecule has 0 unspecified atom stereocenters. The Bertz CT molecular complexity index is 311. The SMILES string of the molecule is COC(=O)c1cc(F)cn1CCBr. The minimum atomic E-state index is -0.523. The third-order valence-electron chi connectivity index (χ3n) is 1.58. The van der Waals surface area contributed by atoms with E-state index in [4.69, 9.17) is 0 Å². The number of alkyl halides is 1. The van der Waals surface area contributed by atoms with Gasteiger partial charge >= 0.3 is 5.97 Å². The van der Waals surface area contributed by atoms with Crippen LogP contribution in [0.1, 0.15) is 10.5 Å². The number of aromatic nitrogens is 1. The van der Waals surface area contributed by atoms with E-state index in [1.54, 1.807) is 0 Å². The van der Waals surface area contributed by atoms with Crippen molar-refractivity contribution in [2.24, 2.45) is 0 Å². The van der Waals surface area contributed by atoms with E-state index in [2.05, 4.69) is 20.7 Å². The van der Waals surface area contributed by atoms with Crippen LogP contribution in [0.15, 0.2) is 12.3 Å². The number of hydrogen-bond acceptors (Lipinski definition) is 2. The Balaban J connectivity index is 2.96. The fourth-order valence-corrected chi connectivity index (χ4v) is 1.41. The van der Waals surface area contributed by atoms with Gasteiger partial charge in [-0.25, -0.2) is 9.18 Å². The lowest BCUT2D eigenvalue weighted by molar-refractivity contribution is 0.0588. The van der Waals surface area contributed by atoms with Crippen LogP contribution in [0.2, 0.25) is 0 Å². The van der Waals surface area contributed by atoms with Crippen molar-refractivity contribution in [1.82, 2.24) is 4.57 Å². The summed E-state index contributed by atoms with van der Waals surface area (Å²) in [5.74, 6) is -0.953. The predicted molar refractivity (Wildman–Crippen MR) is 49.5 cm³/mol. The first-order valence-electron chi connectivity index (χ1n) is 3.69. The Morgan fingerprint density at radius 3 is 3.00 bits per heavy atom. The molecule has 0 saturated carbocycles. The van der Waals surface area contributed by atoms with Gasteiger partial charge in [-0.2, -0.15) is 0 Å². The molecule has 13 heavy (non-hydrogen) atoms. The maximum atomic E-state index is 12.8. The van der Waals surface area contributed by atoms with Crippen LogP contribution in [-0.2, 0) is 11.3 Å². The lowest BCUT2D eigenvalue weighted by atomic mass is 10.4. The van der Waals surface area contributed by atoms with Crippen LogP contribution in [0.3, 0.4) is 0 Å². The van der Waals surface area contributed by atoms with Crippen molar-refractivity contribution < 1.29 is 13.9 Å². The Morgan fingerprint density at radius 2 is 2.46 bits per heavy atom. The summed E-state index contributed by atoms with van der Waals surface area (Å²) in [6, 6.07) is 1.16. The summed E-state index contributed by atoms with van der Waals surface area (Å²) in [6.07, 6.45) is 1.27. The lowest BCUT2D eigenvalue weighted by Gasteiger charge is -2.03. The molecule has 5 heteroatoms. The Hall–Kier alpha value is -0.840. The number of methoxy groups -OCH3 is 1. The molecule has 0 amide bonds. The summed E-state index contributed by atoms with van der Waals surface area (Å²) in [5, 5.41) is 0.658. The number of carbonyl (C=O) groups excluding carboxylic acids is 1. The van der Waals surface area contributed by atoms with Crippen LogP contribution in [-0.4, -0.2) is 23.0 Å². The molecule has 0 bridgehead atoms. The first-order valence-corrected chi connectivity index (χ1v) is 4.81. The molecule has 0 saturated heterocycles. The van der Waals surface area contributed by atoms with Gasteiger partial charge in [0.15, 0.2) is 0 Å². The van der Waals surface area contributed by atoms with Crippen LogP contribution < -0.4 is 0 Å². The number of nitrogens with zero attached hydrogens (tertiary/aromatic N) is 1. The Kier molecular flexibility index (Phi) is 3.48. The van der Waals surface area contributed by atoms with Crippen molar-refractivity contribution in [2.75, 3.05) is 12.4 Å². The van der Waals surface area contributed by atoms with E-state index in [9.17, 15) is 9.18 Å². The first kappa shape index (κ1) is 10.2. The molecule has 0 fully saturated rings. The van der Waals surface area contributed by atoms with Crippen molar-refractivity contribution in [3.05, 3.63) is 23.8 Å². The van der Waals surface area contributed by atoms with Crippen molar-refractivity contribution >= 4 is 21.9 Å². The molecule has 0 aromatic carbocycles. The molecule has 0 radical (unpaired) electrons. The summed E-state index contributed by atoms with van der Waals surface area (Å²) in [4.78, 5) is 11.1. The molecule has 1 rings (SSSR count). The molecular formula is C8H9BrFNO2. The van der Waals surface area contributed by atoms with Gasteiger partial charge in [-0.1, -0.05) is 15.9 Å². The highest BCUT2D eigenvalue weighted by Gasteiger charge is 2.13. The zero-order chi connectivity index (χ0) is 9.84. The highest BCUT2D eigenvalue weighted by molar-refractivity contribution is 9.09. The maximum Gasteiger partial charge on any atom is 0.354 e. The van der Waals surface area contributed by atoms with Crippen molar-refractivity contribution in [2.45, 2.75) is 6.54 Å². The van der Waals surface area contributed by atoms with Gasteiger partial charge in [-0.3, -0.25) is 0 Å². The zero-order valence-electron chi connectivity index (χ0n) is 7.09. The van der Waals surface area contributed by atoms with Gasteiger partial charge in [0.25, 0.3) is 0 Å². The van der Waals surface area contributed by atoms with E-state index in [0.29, 0.717) is 11.9 Å². The predicted octanol–water partition coefficient (Wildman–Crippen LogP) is 1.81. The lowest BCUT2D eigenvalue weighted by Crippen LogP contribution is -2.10. The van der Waals surface area contributed by atoms with E-state index in [-0.39, 0.29) is 5.69 Å². The zero-order valence-corrected chi connectivity index (χ0v) is 8.67. The van der Waals surface area contributed by atoms with Crippen LogP contribution in [0.5, 0.6) is 0 Å². The molecule has 1 aromatic heterocycles. The third-order valence-corrected chi connectivity index (χ3v) is 1.94. The summed E-state index contributed by atoms with van der Waals surface area (Å²) in [6.45, 7) is 0.536. The quantitative estimate of drug-likeness (QED) is 0.605. The molecule has 1 aromatic rings. The largest absolute Gasteiger partial charge is 0.464 e. The summed E-state index contributed by atoms with van der Waals surface area (Å²) in [5.41, 5.74) is 0.236. The average molecular weight is 250 g/mol. The summed E-state index contributed by atoms with van der Waals surface area (Å²) >= 11 is 3.21. The van der Waals surface area contributed by atoms with E-state index < -0.39 is 11.8 Å². The molecule has 72 valence electrons. The van der Waals surface area contributed by atoms with Gasteiger partial charge in [0.2, 0.25) is 0 Å². The number of hydrogen-bond donors (Lipinski definition) is 0. The number of aryl methyl sites for hydroxylation is 1. The van der Waals surface area contributed by atoms with Gasteiger partial charge in [-0.05, 0) is 0 Å². The smallest absolute Gasteiger partial charge is 0.354 e. The standard InChI is InChI=1S/C8H9BrFNO2/c1-13-8(12)7-4-6(10)5-11(7)3-2-9/h4-5H,2-3H2,1H3. The second kappa shape index (κ2) is 4.41. The van der Waals surface area contributed by atoms with Gasteiger partial charge < -0.3 is 9.30 Å². The van der Waals surface area contributed by atoms with Gasteiger partial charge in [0.1, 0.15) is 11.5 Å². The third kappa shape index (κ3) is 2.30. The monoisotopic (exact) mass is 249 g/mol. The molecule has 1 heterocycles. The minimum absolute atomic E-state index is 0.236. The molecule has 0 aliphatic rings. The van der Waals surface area contributed by atoms with E-state index >= 15 is 0 Å². The molecule has 0 atom stereocenters. The highest BCUT2D eigenvalue weighted by Crippen LogP contribution is 2.09. The van der Waals surface area contributed by atoms with Crippen molar-refractivity contribution in [1.29, 1.82) is 0 Å². The molecule has 0 aliphatic heterocycles. The van der Waals surface area contributed by atoms with Gasteiger partial charge in [0.05, 0.1) is 7.11 Å². The van der Waals surface area contributed by atoms with E-state index in [1.165, 1.54) is 17.9 Å². The topological polar surface area (TPSA) is 31.2 Å². The van der Waals surface area contributed by atoms with Crippen molar-refractivity contribution in [3.8, 4) is 0 Å². The van der Waals surface area contributed by atoms with Crippen LogP contribution in [0.25, 0.3) is 0 Å². The average Bonchev–Trinajstić information content (AvgIpc) is 2.46. The van der Waals surface area contributed by atoms with Gasteiger partial charge in [-0.15, -0.1) is 0 Å². The normalized spacial score (nSPS) is 10.1. The van der Waals surface area contributed by atoms with E-state index in [1.807, 2.05) is 0 Å². The van der Waals surface area contributed by atoms with Crippen molar-refractivity contribution in [3.63, 3.8) is 0 Å². The number of rotatable bonds is 3. The molecule has 0 N–H and O–H groups in total. The number of esters is 1. The molecule has 0 aliphatic carbocycles. The Morgan fingerprint density at radius 1 is 1.77 bits per heavy atom. The highest BCUT2D eigenvalue weighted by atomic mass is 79.9. The summed E-state index contributed by atoms with van der Waals surface area (Å²) in [7, 11) is 1.27. The molecule has 0 spiro atoms. The second-order valence-electron chi connectivity index (χ2n) is 2.42. The maximum absolute atomic E-state index is 12.8. The number of halogens is 2. The van der Waals surface area contributed by atoms with Crippen LogP contribution in [0, 0.1) is 5.82 Å².